The van der Waals surface area contributed by atoms with Gasteiger partial charge in [0.05, 0.1) is 18.4 Å². The SMILES string of the molecule is CC(NC(=O)CN1CN(c2ccccc2)C2(CCN(C(=O)Nc3ccccc3F)CC2)C1=O)c1ccccc1. The fourth-order valence-electron chi connectivity index (χ4n) is 5.44. The maximum Gasteiger partial charge on any atom is 0.321 e. The zero-order valence-electron chi connectivity index (χ0n) is 21.8. The van der Waals surface area contributed by atoms with E-state index < -0.39 is 17.4 Å². The molecule has 2 fully saturated rings. The third-order valence-electron chi connectivity index (χ3n) is 7.59. The quantitative estimate of drug-likeness (QED) is 0.497. The van der Waals surface area contributed by atoms with Gasteiger partial charge >= 0.3 is 6.03 Å². The van der Waals surface area contributed by atoms with E-state index >= 15 is 0 Å². The first-order chi connectivity index (χ1) is 18.9. The minimum absolute atomic E-state index is 0.0570. The number of urea groups is 1. The average molecular weight is 530 g/mol. The van der Waals surface area contributed by atoms with Gasteiger partial charge in [-0.1, -0.05) is 60.7 Å². The summed E-state index contributed by atoms with van der Waals surface area (Å²) < 4.78 is 14.0. The van der Waals surface area contributed by atoms with Crippen molar-refractivity contribution in [3.8, 4) is 0 Å². The van der Waals surface area contributed by atoms with Crippen LogP contribution in [-0.4, -0.2) is 59.5 Å². The molecule has 0 aromatic heterocycles. The summed E-state index contributed by atoms with van der Waals surface area (Å²) in [7, 11) is 0. The Morgan fingerprint density at radius 3 is 2.21 bits per heavy atom. The number of amides is 4. The van der Waals surface area contributed by atoms with E-state index in [2.05, 4.69) is 15.5 Å². The lowest BCUT2D eigenvalue weighted by atomic mass is 9.85. The van der Waals surface area contributed by atoms with Gasteiger partial charge in [-0.3, -0.25) is 9.59 Å². The monoisotopic (exact) mass is 529 g/mol. The Labute approximate surface area is 227 Å². The van der Waals surface area contributed by atoms with Gasteiger partial charge in [-0.25, -0.2) is 9.18 Å². The first kappa shape index (κ1) is 26.2. The van der Waals surface area contributed by atoms with Gasteiger partial charge in [-0.15, -0.1) is 0 Å². The van der Waals surface area contributed by atoms with Gasteiger partial charge in [0, 0.05) is 18.8 Å². The molecule has 2 aliphatic heterocycles. The molecule has 0 aliphatic carbocycles. The molecule has 1 atom stereocenters. The number of halogens is 1. The van der Waals surface area contributed by atoms with Crippen LogP contribution in [0.1, 0.15) is 31.4 Å². The normalized spacial score (nSPS) is 17.3. The van der Waals surface area contributed by atoms with Crippen LogP contribution in [0.2, 0.25) is 0 Å². The Kier molecular flexibility index (Phi) is 7.49. The Balaban J connectivity index is 1.29. The van der Waals surface area contributed by atoms with E-state index in [1.807, 2.05) is 67.6 Å². The van der Waals surface area contributed by atoms with Gasteiger partial charge in [0.1, 0.15) is 17.9 Å². The molecule has 39 heavy (non-hydrogen) atoms. The number of nitrogens with zero attached hydrogens (tertiary/aromatic N) is 3. The van der Waals surface area contributed by atoms with Crippen LogP contribution in [-0.2, 0) is 9.59 Å². The molecule has 0 saturated carbocycles. The Morgan fingerprint density at radius 1 is 0.923 bits per heavy atom. The molecule has 2 heterocycles. The fourth-order valence-corrected chi connectivity index (χ4v) is 5.44. The highest BCUT2D eigenvalue weighted by Crippen LogP contribution is 2.39. The van der Waals surface area contributed by atoms with Crippen LogP contribution in [0.4, 0.5) is 20.6 Å². The summed E-state index contributed by atoms with van der Waals surface area (Å²) in [4.78, 5) is 45.0. The second-order valence-electron chi connectivity index (χ2n) is 10.0. The minimum atomic E-state index is -0.874. The van der Waals surface area contributed by atoms with Crippen molar-refractivity contribution in [3.63, 3.8) is 0 Å². The highest BCUT2D eigenvalue weighted by atomic mass is 19.1. The van der Waals surface area contributed by atoms with Crippen LogP contribution in [0.25, 0.3) is 0 Å². The maximum atomic E-state index is 14.0. The van der Waals surface area contributed by atoms with E-state index in [1.54, 1.807) is 21.9 Å². The highest BCUT2D eigenvalue weighted by Gasteiger charge is 2.54. The topological polar surface area (TPSA) is 85.0 Å². The van der Waals surface area contributed by atoms with E-state index in [0.29, 0.717) is 25.9 Å². The third kappa shape index (κ3) is 5.43. The lowest BCUT2D eigenvalue weighted by Gasteiger charge is -2.43. The van der Waals surface area contributed by atoms with E-state index in [0.717, 1.165) is 11.3 Å². The highest BCUT2D eigenvalue weighted by molar-refractivity contribution is 5.97. The molecular weight excluding hydrogens is 497 g/mol. The molecule has 1 unspecified atom stereocenters. The first-order valence-corrected chi connectivity index (χ1v) is 13.1. The van der Waals surface area contributed by atoms with Crippen molar-refractivity contribution < 1.29 is 18.8 Å². The van der Waals surface area contributed by atoms with Crippen molar-refractivity contribution in [2.24, 2.45) is 0 Å². The summed E-state index contributed by atoms with van der Waals surface area (Å²) >= 11 is 0. The smallest absolute Gasteiger partial charge is 0.321 e. The summed E-state index contributed by atoms with van der Waals surface area (Å²) in [6.07, 6.45) is 0.786. The molecule has 5 rings (SSSR count). The number of carbonyl (C=O) groups is 3. The van der Waals surface area contributed by atoms with E-state index in [9.17, 15) is 18.8 Å². The minimum Gasteiger partial charge on any atom is -0.348 e. The Hall–Kier alpha value is -4.40. The van der Waals surface area contributed by atoms with Crippen molar-refractivity contribution in [2.75, 3.05) is 36.5 Å². The number of benzene rings is 3. The largest absolute Gasteiger partial charge is 0.348 e. The lowest BCUT2D eigenvalue weighted by Crippen LogP contribution is -2.58. The third-order valence-corrected chi connectivity index (χ3v) is 7.59. The summed E-state index contributed by atoms with van der Waals surface area (Å²) in [6.45, 7) is 2.77. The summed E-state index contributed by atoms with van der Waals surface area (Å²) in [5.41, 5.74) is 1.12. The molecule has 3 aromatic rings. The summed E-state index contributed by atoms with van der Waals surface area (Å²) in [5, 5.41) is 5.63. The zero-order valence-corrected chi connectivity index (χ0v) is 21.8. The predicted molar refractivity (Wildman–Crippen MR) is 147 cm³/mol. The van der Waals surface area contributed by atoms with Crippen LogP contribution < -0.4 is 15.5 Å². The van der Waals surface area contributed by atoms with Gasteiger partial charge in [0.2, 0.25) is 5.91 Å². The molecule has 9 heteroatoms. The molecule has 3 aromatic carbocycles. The van der Waals surface area contributed by atoms with Gasteiger partial charge in [0.25, 0.3) is 5.91 Å². The number of hydrogen-bond donors (Lipinski definition) is 2. The molecule has 4 amide bonds. The number of para-hydroxylation sites is 2. The fraction of sp³-hybridized carbons (Fsp3) is 0.300. The second-order valence-corrected chi connectivity index (χ2v) is 10.0. The van der Waals surface area contributed by atoms with E-state index in [4.69, 9.17) is 0 Å². The van der Waals surface area contributed by atoms with Crippen LogP contribution in [0.3, 0.4) is 0 Å². The van der Waals surface area contributed by atoms with Crippen LogP contribution in [0, 0.1) is 5.82 Å². The molecule has 2 saturated heterocycles. The number of nitrogens with one attached hydrogen (secondary N) is 2. The van der Waals surface area contributed by atoms with Crippen molar-refractivity contribution in [1.82, 2.24) is 15.1 Å². The van der Waals surface area contributed by atoms with Crippen molar-refractivity contribution in [2.45, 2.75) is 31.3 Å². The standard InChI is InChI=1S/C30H32FN5O3/c1-22(23-10-4-2-5-11-23)32-27(37)20-35-21-36(24-12-6-3-7-13-24)30(28(35)38)16-18-34(19-17-30)29(39)33-26-15-9-8-14-25(26)31/h2-15,22H,16-21H2,1H3,(H,32,37)(H,33,39). The lowest BCUT2D eigenvalue weighted by molar-refractivity contribution is -0.137. The molecule has 2 N–H and O–H groups in total. The Bertz CT molecular complexity index is 1330. The van der Waals surface area contributed by atoms with Crippen LogP contribution >= 0.6 is 0 Å². The van der Waals surface area contributed by atoms with Gasteiger partial charge in [-0.05, 0) is 49.6 Å². The number of likely N-dealkylation sites (tertiary alicyclic amines) is 1. The van der Waals surface area contributed by atoms with Gasteiger partial charge < -0.3 is 25.3 Å². The molecule has 8 nitrogen and oxygen atoms in total. The van der Waals surface area contributed by atoms with Crippen molar-refractivity contribution >= 4 is 29.2 Å². The molecule has 1 spiro atoms. The maximum absolute atomic E-state index is 14.0. The predicted octanol–water partition coefficient (Wildman–Crippen LogP) is 4.38. The van der Waals surface area contributed by atoms with Crippen molar-refractivity contribution in [1.29, 1.82) is 0 Å². The molecule has 0 radical (unpaired) electrons. The summed E-state index contributed by atoms with van der Waals surface area (Å²) in [5.74, 6) is -0.856. The Morgan fingerprint density at radius 2 is 1.54 bits per heavy atom. The van der Waals surface area contributed by atoms with Crippen molar-refractivity contribution in [3.05, 3.63) is 96.3 Å². The molecule has 202 valence electrons. The average Bonchev–Trinajstić information content (AvgIpc) is 3.21. The van der Waals surface area contributed by atoms with Crippen LogP contribution in [0.5, 0.6) is 0 Å². The van der Waals surface area contributed by atoms with Crippen LogP contribution in [0.15, 0.2) is 84.9 Å². The zero-order chi connectivity index (χ0) is 27.4. The number of hydrogen-bond acceptors (Lipinski definition) is 4. The van der Waals surface area contributed by atoms with Gasteiger partial charge in [0.15, 0.2) is 0 Å². The first-order valence-electron chi connectivity index (χ1n) is 13.1. The summed E-state index contributed by atoms with van der Waals surface area (Å²) in [6, 6.07) is 24.8. The number of piperidine rings is 1. The molecule has 2 aliphatic rings. The number of carbonyl (C=O) groups excluding carboxylic acids is 3. The van der Waals surface area contributed by atoms with E-state index in [1.165, 1.54) is 12.1 Å². The molecular formula is C30H32FN5O3. The number of rotatable bonds is 6. The number of anilines is 2. The second kappa shape index (κ2) is 11.1. The van der Waals surface area contributed by atoms with Gasteiger partial charge in [-0.2, -0.15) is 0 Å². The van der Waals surface area contributed by atoms with E-state index in [-0.39, 0.29) is 36.8 Å². The molecule has 0 bridgehead atoms.